The largest absolute Gasteiger partial charge is 0.418 e. The second-order valence-corrected chi connectivity index (χ2v) is 2.96. The molecule has 0 saturated carbocycles. The summed E-state index contributed by atoms with van der Waals surface area (Å²) >= 11 is 0. The van der Waals surface area contributed by atoms with Gasteiger partial charge in [-0.1, -0.05) is 0 Å². The molecule has 0 amide bonds. The predicted octanol–water partition coefficient (Wildman–Crippen LogP) is 2.82. The molecule has 1 rings (SSSR count). The quantitative estimate of drug-likeness (QED) is 0.468. The fourth-order valence-corrected chi connectivity index (χ4v) is 1.13. The molecule has 96 valence electrons. The number of nitrogens with zero attached hydrogens (tertiary/aromatic N) is 3. The zero-order valence-corrected chi connectivity index (χ0v) is 8.20. The van der Waals surface area contributed by atoms with Crippen LogP contribution in [0.2, 0.25) is 0 Å². The van der Waals surface area contributed by atoms with Gasteiger partial charge in [0.05, 0.1) is 10.5 Å². The lowest BCUT2D eigenvalue weighted by Crippen LogP contribution is -2.13. The Labute approximate surface area is 95.6 Å². The Morgan fingerprint density at radius 1 is 1.44 bits per heavy atom. The second kappa shape index (κ2) is 4.52. The van der Waals surface area contributed by atoms with Crippen LogP contribution in [0.25, 0.3) is 0 Å². The third-order valence-corrected chi connectivity index (χ3v) is 1.85. The highest BCUT2D eigenvalue weighted by Crippen LogP contribution is 2.37. The Kier molecular flexibility index (Phi) is 3.45. The average molecular weight is 267 g/mol. The van der Waals surface area contributed by atoms with Gasteiger partial charge >= 0.3 is 11.9 Å². The third-order valence-electron chi connectivity index (χ3n) is 1.85. The summed E-state index contributed by atoms with van der Waals surface area (Å²) in [5.74, 6) is 0. The number of nitro groups is 1. The van der Waals surface area contributed by atoms with Crippen molar-refractivity contribution in [1.82, 2.24) is 4.98 Å². The van der Waals surface area contributed by atoms with Crippen LogP contribution >= 0.6 is 0 Å². The molecule has 0 aliphatic rings. The summed E-state index contributed by atoms with van der Waals surface area (Å²) < 4.78 is 62.0. The van der Waals surface area contributed by atoms with Gasteiger partial charge in [-0.25, -0.2) is 13.8 Å². The molecule has 0 saturated heterocycles. The van der Waals surface area contributed by atoms with Crippen LogP contribution in [0.1, 0.15) is 23.4 Å². The van der Waals surface area contributed by atoms with Gasteiger partial charge in [-0.05, 0) is 0 Å². The molecule has 5 nitrogen and oxygen atoms in total. The van der Waals surface area contributed by atoms with E-state index >= 15 is 0 Å². The van der Waals surface area contributed by atoms with E-state index in [-0.39, 0.29) is 6.07 Å². The molecule has 0 aliphatic heterocycles. The fraction of sp³-hybridized carbons (Fsp3) is 0.250. The summed E-state index contributed by atoms with van der Waals surface area (Å²) in [6.07, 6.45) is -8.83. The second-order valence-electron chi connectivity index (χ2n) is 2.96. The molecule has 0 bridgehead atoms. The first kappa shape index (κ1) is 13.8. The maximum atomic E-state index is 12.4. The van der Waals surface area contributed by atoms with Crippen LogP contribution in [0.3, 0.4) is 0 Å². The molecule has 1 heterocycles. The number of hydrogen-bond acceptors (Lipinski definition) is 4. The van der Waals surface area contributed by atoms with Gasteiger partial charge in [0.25, 0.3) is 6.43 Å². The molecule has 0 N–H and O–H groups in total. The Morgan fingerprint density at radius 3 is 2.33 bits per heavy atom. The van der Waals surface area contributed by atoms with Gasteiger partial charge in [0.1, 0.15) is 11.8 Å². The molecule has 0 fully saturated rings. The Morgan fingerprint density at radius 2 is 2.00 bits per heavy atom. The van der Waals surface area contributed by atoms with Gasteiger partial charge in [-0.3, -0.25) is 10.1 Å². The molecule has 0 atom stereocenters. The SMILES string of the molecule is N#Cc1nc(C(F)F)c(C(F)(F)F)cc1[N+](=O)[O-]. The highest BCUT2D eigenvalue weighted by atomic mass is 19.4. The lowest BCUT2D eigenvalue weighted by atomic mass is 10.1. The third kappa shape index (κ3) is 2.50. The van der Waals surface area contributed by atoms with Gasteiger partial charge in [0.2, 0.25) is 5.69 Å². The van der Waals surface area contributed by atoms with Crippen LogP contribution in [-0.2, 0) is 6.18 Å². The van der Waals surface area contributed by atoms with Crippen molar-refractivity contribution < 1.29 is 26.9 Å². The van der Waals surface area contributed by atoms with Crippen LogP contribution in [0.15, 0.2) is 6.07 Å². The molecule has 0 radical (unpaired) electrons. The van der Waals surface area contributed by atoms with Crippen LogP contribution in [0, 0.1) is 21.4 Å². The van der Waals surface area contributed by atoms with Crippen molar-refractivity contribution in [2.45, 2.75) is 12.6 Å². The Balaban J connectivity index is 3.65. The minimum absolute atomic E-state index is 0.118. The Hall–Kier alpha value is -2.31. The molecular weight excluding hydrogens is 265 g/mol. The van der Waals surface area contributed by atoms with Gasteiger partial charge in [-0.15, -0.1) is 0 Å². The highest BCUT2D eigenvalue weighted by molar-refractivity contribution is 5.48. The molecule has 10 heteroatoms. The summed E-state index contributed by atoms with van der Waals surface area (Å²) in [6, 6.07) is 0.979. The van der Waals surface area contributed by atoms with Gasteiger partial charge in [0, 0.05) is 6.07 Å². The number of nitriles is 1. The summed E-state index contributed by atoms with van der Waals surface area (Å²) in [6.45, 7) is 0. The van der Waals surface area contributed by atoms with Crippen molar-refractivity contribution in [2.24, 2.45) is 0 Å². The highest BCUT2D eigenvalue weighted by Gasteiger charge is 2.39. The molecule has 1 aromatic rings. The summed E-state index contributed by atoms with van der Waals surface area (Å²) in [5.41, 5.74) is -6.00. The Bertz CT molecular complexity index is 535. The first-order valence-electron chi connectivity index (χ1n) is 4.13. The number of aromatic nitrogens is 1. The molecule has 18 heavy (non-hydrogen) atoms. The van der Waals surface area contributed by atoms with Crippen molar-refractivity contribution in [3.05, 3.63) is 33.1 Å². The van der Waals surface area contributed by atoms with Crippen LogP contribution in [0.5, 0.6) is 0 Å². The molecular formula is C8H2F5N3O2. The molecule has 0 spiro atoms. The number of rotatable bonds is 2. The van der Waals surface area contributed by atoms with E-state index in [1.165, 1.54) is 0 Å². The number of hydrogen-bond donors (Lipinski definition) is 0. The lowest BCUT2D eigenvalue weighted by molar-refractivity contribution is -0.385. The summed E-state index contributed by atoms with van der Waals surface area (Å²) in [5, 5.41) is 18.8. The van der Waals surface area contributed by atoms with Crippen molar-refractivity contribution in [1.29, 1.82) is 5.26 Å². The topological polar surface area (TPSA) is 79.8 Å². The number of halogens is 5. The van der Waals surface area contributed by atoms with E-state index < -0.39 is 40.2 Å². The molecule has 1 aromatic heterocycles. The predicted molar refractivity (Wildman–Crippen MR) is 45.6 cm³/mol. The maximum absolute atomic E-state index is 12.4. The smallest absolute Gasteiger partial charge is 0.258 e. The minimum atomic E-state index is -5.22. The summed E-state index contributed by atoms with van der Waals surface area (Å²) in [7, 11) is 0. The van der Waals surface area contributed by atoms with Crippen LogP contribution in [-0.4, -0.2) is 9.91 Å². The van der Waals surface area contributed by atoms with Gasteiger partial charge < -0.3 is 0 Å². The standard InChI is InChI=1S/C8H2F5N3O2/c9-7(10)6-3(8(11,12)13)1-5(16(17)18)4(2-14)15-6/h1,7H. The lowest BCUT2D eigenvalue weighted by Gasteiger charge is -2.11. The van der Waals surface area contributed by atoms with E-state index in [0.29, 0.717) is 0 Å². The first-order valence-corrected chi connectivity index (χ1v) is 4.13. The van der Waals surface area contributed by atoms with E-state index in [0.717, 1.165) is 6.07 Å². The zero-order valence-electron chi connectivity index (χ0n) is 8.20. The van der Waals surface area contributed by atoms with Crippen LogP contribution in [0.4, 0.5) is 27.6 Å². The van der Waals surface area contributed by atoms with E-state index in [4.69, 9.17) is 5.26 Å². The normalized spacial score (nSPS) is 11.4. The van der Waals surface area contributed by atoms with Crippen molar-refractivity contribution >= 4 is 5.69 Å². The van der Waals surface area contributed by atoms with E-state index in [2.05, 4.69) is 4.98 Å². The van der Waals surface area contributed by atoms with Gasteiger partial charge in [0.15, 0.2) is 0 Å². The fourth-order valence-electron chi connectivity index (χ4n) is 1.13. The van der Waals surface area contributed by atoms with E-state index in [1.807, 2.05) is 0 Å². The van der Waals surface area contributed by atoms with E-state index in [1.54, 1.807) is 0 Å². The molecule has 0 aliphatic carbocycles. The number of pyridine rings is 1. The average Bonchev–Trinajstić information content (AvgIpc) is 2.25. The molecule has 0 unspecified atom stereocenters. The van der Waals surface area contributed by atoms with Crippen molar-refractivity contribution in [3.63, 3.8) is 0 Å². The zero-order chi connectivity index (χ0) is 14.1. The number of alkyl halides is 5. The van der Waals surface area contributed by atoms with E-state index in [9.17, 15) is 32.1 Å². The summed E-state index contributed by atoms with van der Waals surface area (Å²) in [4.78, 5) is 11.8. The first-order chi connectivity index (χ1) is 8.18. The van der Waals surface area contributed by atoms with Crippen molar-refractivity contribution in [3.8, 4) is 6.07 Å². The van der Waals surface area contributed by atoms with Crippen molar-refractivity contribution in [2.75, 3.05) is 0 Å². The van der Waals surface area contributed by atoms with Gasteiger partial charge in [-0.2, -0.15) is 18.4 Å². The van der Waals surface area contributed by atoms with Crippen LogP contribution < -0.4 is 0 Å². The minimum Gasteiger partial charge on any atom is -0.258 e. The maximum Gasteiger partial charge on any atom is 0.418 e. The monoisotopic (exact) mass is 267 g/mol. The molecule has 0 aromatic carbocycles.